The lowest BCUT2D eigenvalue weighted by atomic mass is 10.0. The molecule has 1 aliphatic heterocycles. The van der Waals surface area contributed by atoms with E-state index >= 15 is 0 Å². The molecule has 1 aromatic heterocycles. The molecule has 0 bridgehead atoms. The van der Waals surface area contributed by atoms with Gasteiger partial charge in [0, 0.05) is 0 Å². The van der Waals surface area contributed by atoms with Crippen LogP contribution in [-0.2, 0) is 16.3 Å². The summed E-state index contributed by atoms with van der Waals surface area (Å²) in [4.78, 5) is 0. The molecule has 0 N–H and O–H groups in total. The van der Waals surface area contributed by atoms with Gasteiger partial charge >= 0.3 is 0 Å². The van der Waals surface area contributed by atoms with Crippen molar-refractivity contribution in [1.82, 2.24) is 10.2 Å². The van der Waals surface area contributed by atoms with E-state index < -0.39 is 9.84 Å². The van der Waals surface area contributed by atoms with Crippen LogP contribution < -0.4 is 4.74 Å². The molecule has 0 aliphatic carbocycles. The second-order valence-electron chi connectivity index (χ2n) is 4.17. The molecule has 0 saturated carbocycles. The highest BCUT2D eigenvalue weighted by molar-refractivity contribution is 9.10. The van der Waals surface area contributed by atoms with Crippen molar-refractivity contribution in [1.29, 1.82) is 0 Å². The number of ether oxygens (including phenoxy) is 1. The third kappa shape index (κ3) is 3.16. The van der Waals surface area contributed by atoms with E-state index in [1.807, 2.05) is 6.07 Å². The number of halogens is 1. The van der Waals surface area contributed by atoms with E-state index in [-0.39, 0.29) is 11.7 Å². The van der Waals surface area contributed by atoms with Crippen molar-refractivity contribution >= 4 is 25.8 Å². The summed E-state index contributed by atoms with van der Waals surface area (Å²) in [5.41, 5.74) is 0.791. The zero-order valence-corrected chi connectivity index (χ0v) is 11.8. The molecule has 0 radical (unpaired) electrons. The van der Waals surface area contributed by atoms with Gasteiger partial charge in [-0.1, -0.05) is 0 Å². The lowest BCUT2D eigenvalue weighted by Gasteiger charge is -2.07. The monoisotopic (exact) mass is 320 g/mol. The Bertz CT molecular complexity index is 518. The second-order valence-corrected chi connectivity index (χ2v) is 7.25. The Morgan fingerprint density at radius 1 is 1.53 bits per heavy atom. The van der Waals surface area contributed by atoms with Crippen LogP contribution in [0.4, 0.5) is 0 Å². The molecule has 1 atom stereocenters. The Balaban J connectivity index is 2.07. The van der Waals surface area contributed by atoms with Gasteiger partial charge in [-0.2, -0.15) is 5.10 Å². The van der Waals surface area contributed by atoms with Crippen molar-refractivity contribution in [2.75, 3.05) is 18.6 Å². The van der Waals surface area contributed by atoms with Gasteiger partial charge in [0.05, 0.1) is 28.8 Å². The Kier molecular flexibility index (Phi) is 3.67. The largest absolute Gasteiger partial charge is 0.479 e. The highest BCUT2D eigenvalue weighted by Crippen LogP contribution is 2.25. The van der Waals surface area contributed by atoms with Gasteiger partial charge in [0.1, 0.15) is 0 Å². The minimum atomic E-state index is -2.82. The van der Waals surface area contributed by atoms with E-state index in [0.717, 1.165) is 10.2 Å². The first kappa shape index (κ1) is 12.8. The fourth-order valence-electron chi connectivity index (χ4n) is 1.96. The molecule has 5 nitrogen and oxygen atoms in total. The number of nitrogens with zero attached hydrogens (tertiary/aromatic N) is 2. The summed E-state index contributed by atoms with van der Waals surface area (Å²) in [6, 6.07) is 1.83. The number of aromatic nitrogens is 2. The summed E-state index contributed by atoms with van der Waals surface area (Å²) in [7, 11) is -1.30. The molecule has 0 aromatic carbocycles. The topological polar surface area (TPSA) is 69.2 Å². The zero-order valence-electron chi connectivity index (χ0n) is 9.39. The van der Waals surface area contributed by atoms with Crippen molar-refractivity contribution in [3.05, 3.63) is 16.2 Å². The fraction of sp³-hybridized carbons (Fsp3) is 0.600. The molecule has 94 valence electrons. The van der Waals surface area contributed by atoms with E-state index in [1.165, 1.54) is 7.11 Å². The first-order valence-corrected chi connectivity index (χ1v) is 7.88. The molecular weight excluding hydrogens is 308 g/mol. The fourth-order valence-corrected chi connectivity index (χ4v) is 4.33. The molecule has 1 aromatic rings. The summed E-state index contributed by atoms with van der Waals surface area (Å²) in [5.74, 6) is 1.16. The van der Waals surface area contributed by atoms with Crippen LogP contribution >= 0.6 is 15.9 Å². The molecular formula is C10H13BrN2O3S. The lowest BCUT2D eigenvalue weighted by Crippen LogP contribution is -2.09. The van der Waals surface area contributed by atoms with E-state index in [2.05, 4.69) is 26.1 Å². The van der Waals surface area contributed by atoms with E-state index in [9.17, 15) is 8.42 Å². The number of methoxy groups -OCH3 is 1. The van der Waals surface area contributed by atoms with Crippen molar-refractivity contribution in [3.63, 3.8) is 0 Å². The molecule has 0 spiro atoms. The molecule has 7 heteroatoms. The second kappa shape index (κ2) is 4.89. The standard InChI is InChI=1S/C10H13BrN2O3S/c1-16-10-9(11)5-8(12-13-10)4-7-2-3-17(14,15)6-7/h5,7H,2-4,6H2,1H3. The molecule has 1 saturated heterocycles. The van der Waals surface area contributed by atoms with Crippen LogP contribution in [-0.4, -0.2) is 37.2 Å². The van der Waals surface area contributed by atoms with Gasteiger partial charge < -0.3 is 4.74 Å². The third-order valence-electron chi connectivity index (χ3n) is 2.78. The maximum absolute atomic E-state index is 11.3. The normalized spacial score (nSPS) is 22.6. The van der Waals surface area contributed by atoms with Crippen LogP contribution in [0.3, 0.4) is 0 Å². The maximum atomic E-state index is 11.3. The maximum Gasteiger partial charge on any atom is 0.247 e. The van der Waals surface area contributed by atoms with Crippen LogP contribution in [0.1, 0.15) is 12.1 Å². The Morgan fingerprint density at radius 3 is 2.82 bits per heavy atom. The SMILES string of the molecule is COc1nnc(CC2CCS(=O)(=O)C2)cc1Br. The first-order chi connectivity index (χ1) is 8.00. The van der Waals surface area contributed by atoms with E-state index in [0.29, 0.717) is 24.5 Å². The van der Waals surface area contributed by atoms with E-state index in [4.69, 9.17) is 4.74 Å². The average molecular weight is 321 g/mol. The smallest absolute Gasteiger partial charge is 0.247 e. The quantitative estimate of drug-likeness (QED) is 0.837. The molecule has 2 rings (SSSR count). The van der Waals surface area contributed by atoms with Gasteiger partial charge in [-0.15, -0.1) is 5.10 Å². The predicted molar refractivity (Wildman–Crippen MR) is 66.7 cm³/mol. The van der Waals surface area contributed by atoms with Gasteiger partial charge in [0.15, 0.2) is 9.84 Å². The van der Waals surface area contributed by atoms with E-state index in [1.54, 1.807) is 0 Å². The minimum Gasteiger partial charge on any atom is -0.479 e. The number of hydrogen-bond acceptors (Lipinski definition) is 5. The van der Waals surface area contributed by atoms with Gasteiger partial charge in [-0.05, 0) is 40.8 Å². The molecule has 1 aliphatic rings. The molecule has 2 heterocycles. The number of hydrogen-bond donors (Lipinski definition) is 0. The van der Waals surface area contributed by atoms with Crippen molar-refractivity contribution in [2.24, 2.45) is 5.92 Å². The van der Waals surface area contributed by atoms with Crippen LogP contribution in [0.25, 0.3) is 0 Å². The Morgan fingerprint density at radius 2 is 2.29 bits per heavy atom. The Hall–Kier alpha value is -0.690. The third-order valence-corrected chi connectivity index (χ3v) is 5.19. The van der Waals surface area contributed by atoms with Crippen LogP contribution in [0.5, 0.6) is 5.88 Å². The number of sulfone groups is 1. The van der Waals surface area contributed by atoms with Gasteiger partial charge in [0.2, 0.25) is 5.88 Å². The van der Waals surface area contributed by atoms with Gasteiger partial charge in [0.25, 0.3) is 0 Å². The predicted octanol–water partition coefficient (Wildman–Crippen LogP) is 1.22. The highest BCUT2D eigenvalue weighted by atomic mass is 79.9. The minimum absolute atomic E-state index is 0.162. The molecule has 1 fully saturated rings. The van der Waals surface area contributed by atoms with Crippen LogP contribution in [0, 0.1) is 5.92 Å². The highest BCUT2D eigenvalue weighted by Gasteiger charge is 2.28. The van der Waals surface area contributed by atoms with Gasteiger partial charge in [-0.3, -0.25) is 0 Å². The summed E-state index contributed by atoms with van der Waals surface area (Å²) in [5, 5.41) is 7.93. The number of rotatable bonds is 3. The molecule has 1 unspecified atom stereocenters. The summed E-state index contributed by atoms with van der Waals surface area (Å²) in [6.07, 6.45) is 1.36. The van der Waals surface area contributed by atoms with Gasteiger partial charge in [-0.25, -0.2) is 8.42 Å². The van der Waals surface area contributed by atoms with Crippen molar-refractivity contribution in [2.45, 2.75) is 12.8 Å². The van der Waals surface area contributed by atoms with Crippen LogP contribution in [0.2, 0.25) is 0 Å². The Labute approximate surface area is 109 Å². The summed E-state index contributed by atoms with van der Waals surface area (Å²) >= 11 is 3.33. The summed E-state index contributed by atoms with van der Waals surface area (Å²) in [6.45, 7) is 0. The zero-order chi connectivity index (χ0) is 12.5. The van der Waals surface area contributed by atoms with Crippen molar-refractivity contribution < 1.29 is 13.2 Å². The lowest BCUT2D eigenvalue weighted by molar-refractivity contribution is 0.387. The molecule has 0 amide bonds. The first-order valence-electron chi connectivity index (χ1n) is 5.26. The van der Waals surface area contributed by atoms with Crippen molar-refractivity contribution in [3.8, 4) is 5.88 Å². The average Bonchev–Trinajstić information content (AvgIpc) is 2.58. The molecule has 17 heavy (non-hydrogen) atoms. The van der Waals surface area contributed by atoms with Crippen LogP contribution in [0.15, 0.2) is 10.5 Å². The summed E-state index contributed by atoms with van der Waals surface area (Å²) < 4.78 is 28.4.